The monoisotopic (exact) mass is 426 g/mol. The molecule has 0 aromatic heterocycles. The first kappa shape index (κ1) is 23.9. The second-order valence-electron chi connectivity index (χ2n) is 5.97. The molecular weight excluding hydrogens is 406 g/mol. The van der Waals surface area contributed by atoms with Crippen LogP contribution in [0.2, 0.25) is 0 Å². The molecule has 0 saturated heterocycles. The fourth-order valence-corrected chi connectivity index (χ4v) is 2.69. The van der Waals surface area contributed by atoms with Crippen molar-refractivity contribution in [2.45, 2.75) is 43.9 Å². The van der Waals surface area contributed by atoms with Crippen molar-refractivity contribution in [2.24, 2.45) is 0 Å². The predicted molar refractivity (Wildman–Crippen MR) is 100 cm³/mol. The van der Waals surface area contributed by atoms with Crippen LogP contribution in [0.5, 0.6) is 0 Å². The molecule has 0 bridgehead atoms. The third-order valence-corrected chi connectivity index (χ3v) is 4.40. The van der Waals surface area contributed by atoms with Gasteiger partial charge in [-0.25, -0.2) is 4.39 Å². The van der Waals surface area contributed by atoms with E-state index in [4.69, 9.17) is 11.5 Å². The lowest BCUT2D eigenvalue weighted by molar-refractivity contribution is -0.286. The average Bonchev–Trinajstić information content (AvgIpc) is 2.60. The molecule has 0 amide bonds. The second-order valence-corrected chi connectivity index (χ2v) is 6.45. The molecule has 2 rings (SSSR count). The molecule has 0 fully saturated rings. The minimum atomic E-state index is -5.86. The zero-order valence-corrected chi connectivity index (χ0v) is 16.0. The highest BCUT2D eigenvalue weighted by Gasteiger charge is 2.71. The second kappa shape index (κ2) is 8.94. The molecule has 0 saturated carbocycles. The maximum absolute atomic E-state index is 13.9. The van der Waals surface area contributed by atoms with E-state index in [0.717, 1.165) is 18.2 Å². The summed E-state index contributed by atoms with van der Waals surface area (Å²) in [6, 6.07) is 10.1. The number of para-hydroxylation sites is 1. The summed E-state index contributed by atoms with van der Waals surface area (Å²) in [6.45, 7) is 3.65. The van der Waals surface area contributed by atoms with Crippen LogP contribution in [0, 0.1) is 0 Å². The first-order valence-corrected chi connectivity index (χ1v) is 8.71. The summed E-state index contributed by atoms with van der Waals surface area (Å²) in [5.74, 6) is 0. The number of hydrogen-bond acceptors (Lipinski definition) is 2. The number of benzene rings is 2. The molecule has 2 nitrogen and oxygen atoms in total. The molecule has 0 spiro atoms. The summed E-state index contributed by atoms with van der Waals surface area (Å²) in [5.41, 5.74) is 7.18. The highest BCUT2D eigenvalue weighted by atomic mass is 35.5. The summed E-state index contributed by atoms with van der Waals surface area (Å²) in [5, 5.41) is -5.13. The minimum absolute atomic E-state index is 0.0914. The van der Waals surface area contributed by atoms with Gasteiger partial charge in [-0.15, -0.1) is 0 Å². The number of nitrogens with two attached hydrogens (primary N) is 2. The Hall–Kier alpha value is -2.09. The van der Waals surface area contributed by atoms with Gasteiger partial charge in [-0.3, -0.25) is 0 Å². The number of halogens is 7. The molecule has 0 aliphatic carbocycles. The van der Waals surface area contributed by atoms with Crippen molar-refractivity contribution in [3.05, 3.63) is 59.2 Å². The maximum Gasteiger partial charge on any atom is 0.434 e. The molecule has 4 N–H and O–H groups in total. The molecule has 1 unspecified atom stereocenters. The minimum Gasteiger partial charge on any atom is -0.399 e. The lowest BCUT2D eigenvalue weighted by atomic mass is 9.92. The van der Waals surface area contributed by atoms with E-state index in [9.17, 15) is 26.3 Å². The first-order chi connectivity index (χ1) is 12.8. The summed E-state index contributed by atoms with van der Waals surface area (Å²) >= 11 is 4.34. The predicted octanol–water partition coefficient (Wildman–Crippen LogP) is 6.22. The number of aryl methyl sites for hydroxylation is 2. The van der Waals surface area contributed by atoms with E-state index in [1.165, 1.54) is 5.56 Å². The van der Waals surface area contributed by atoms with Gasteiger partial charge >= 0.3 is 17.2 Å². The van der Waals surface area contributed by atoms with E-state index < -0.39 is 22.8 Å². The Morgan fingerprint density at radius 1 is 0.786 bits per heavy atom. The normalized spacial score (nSPS) is 14.0. The number of hydrogen-bond donors (Lipinski definition) is 2. The van der Waals surface area contributed by atoms with Crippen LogP contribution in [-0.2, 0) is 18.5 Å². The average molecular weight is 427 g/mol. The molecule has 0 aliphatic rings. The van der Waals surface area contributed by atoms with Crippen LogP contribution < -0.4 is 11.5 Å². The maximum atomic E-state index is 13.9. The van der Waals surface area contributed by atoms with Crippen LogP contribution in [0.3, 0.4) is 0 Å². The van der Waals surface area contributed by atoms with Gasteiger partial charge in [0.1, 0.15) is 0 Å². The number of alkyl halides is 7. The zero-order chi connectivity index (χ0) is 21.8. The Morgan fingerprint density at radius 3 is 1.68 bits per heavy atom. The van der Waals surface area contributed by atoms with Crippen molar-refractivity contribution in [3.8, 4) is 0 Å². The third kappa shape index (κ3) is 5.04. The van der Waals surface area contributed by atoms with Gasteiger partial charge < -0.3 is 11.5 Å². The lowest BCUT2D eigenvalue weighted by Crippen LogP contribution is -2.49. The van der Waals surface area contributed by atoms with E-state index >= 15 is 0 Å². The van der Waals surface area contributed by atoms with Crippen LogP contribution in [0.15, 0.2) is 42.5 Å². The largest absolute Gasteiger partial charge is 0.434 e. The van der Waals surface area contributed by atoms with Crippen molar-refractivity contribution in [2.75, 3.05) is 11.5 Å². The summed E-state index contributed by atoms with van der Waals surface area (Å²) in [6.07, 6.45) is -4.67. The molecule has 156 valence electrons. The quantitative estimate of drug-likeness (QED) is 0.346. The highest BCUT2D eigenvalue weighted by Crippen LogP contribution is 2.54. The number of rotatable bonds is 4. The fraction of sp³-hybridized carbons (Fsp3) is 0.368. The van der Waals surface area contributed by atoms with Crippen LogP contribution in [-0.4, -0.2) is 11.6 Å². The third-order valence-electron chi connectivity index (χ3n) is 4.14. The highest BCUT2D eigenvalue weighted by molar-refractivity contribution is 6.22. The zero-order valence-electron chi connectivity index (χ0n) is 15.3. The topological polar surface area (TPSA) is 52.0 Å². The van der Waals surface area contributed by atoms with E-state index in [1.807, 2.05) is 18.2 Å². The molecule has 0 radical (unpaired) electrons. The first-order valence-electron chi connectivity index (χ1n) is 8.34. The Balaban J connectivity index is 0.000000362. The smallest absolute Gasteiger partial charge is 0.399 e. The molecular formula is C19H21ClF6N2. The van der Waals surface area contributed by atoms with E-state index in [1.54, 1.807) is 6.92 Å². The molecule has 1 atom stereocenters. The molecule has 2 aromatic rings. The van der Waals surface area contributed by atoms with Gasteiger partial charge in [0.15, 0.2) is 0 Å². The Kier molecular flexibility index (Phi) is 7.65. The van der Waals surface area contributed by atoms with Crippen molar-refractivity contribution < 1.29 is 26.3 Å². The molecule has 0 heterocycles. The van der Waals surface area contributed by atoms with E-state index in [2.05, 4.69) is 24.6 Å². The lowest BCUT2D eigenvalue weighted by Gasteiger charge is -2.32. The Bertz CT molecular complexity index is 773. The number of nitrogen functional groups attached to an aromatic ring is 2. The molecule has 28 heavy (non-hydrogen) atoms. The van der Waals surface area contributed by atoms with Crippen molar-refractivity contribution in [3.63, 3.8) is 0 Å². The van der Waals surface area contributed by atoms with Crippen LogP contribution >= 0.6 is 11.6 Å². The Morgan fingerprint density at radius 2 is 1.29 bits per heavy atom. The van der Waals surface area contributed by atoms with Crippen LogP contribution in [0.1, 0.15) is 30.5 Å². The number of anilines is 2. The van der Waals surface area contributed by atoms with Crippen LogP contribution in [0.25, 0.3) is 0 Å². The summed E-state index contributed by atoms with van der Waals surface area (Å²) < 4.78 is 77.7. The van der Waals surface area contributed by atoms with E-state index in [-0.39, 0.29) is 17.7 Å². The molecule has 9 heteroatoms. The fourth-order valence-electron chi connectivity index (χ4n) is 2.47. The van der Waals surface area contributed by atoms with Gasteiger partial charge in [-0.2, -0.15) is 22.0 Å². The van der Waals surface area contributed by atoms with Gasteiger partial charge in [0.2, 0.25) is 0 Å². The van der Waals surface area contributed by atoms with Crippen molar-refractivity contribution in [1.82, 2.24) is 0 Å². The van der Waals surface area contributed by atoms with Gasteiger partial charge in [0.25, 0.3) is 0 Å². The van der Waals surface area contributed by atoms with Gasteiger partial charge in [-0.05, 0) is 53.8 Å². The van der Waals surface area contributed by atoms with Gasteiger partial charge in [0.05, 0.1) is 0 Å². The van der Waals surface area contributed by atoms with E-state index in [0.29, 0.717) is 12.1 Å². The van der Waals surface area contributed by atoms with Crippen LogP contribution in [0.4, 0.5) is 37.7 Å². The summed E-state index contributed by atoms with van der Waals surface area (Å²) in [4.78, 5) is 0. The van der Waals surface area contributed by atoms with Crippen molar-refractivity contribution in [1.29, 1.82) is 0 Å². The SMILES string of the molecule is CCc1cc(C(F)(C(F)(F)F)C(F)(F)Cl)ccc1N.CCc1ccccc1N. The van der Waals surface area contributed by atoms with Gasteiger partial charge in [0, 0.05) is 16.9 Å². The summed E-state index contributed by atoms with van der Waals surface area (Å²) in [7, 11) is 0. The van der Waals surface area contributed by atoms with Gasteiger partial charge in [-0.1, -0.05) is 38.1 Å². The Labute approximate surface area is 164 Å². The molecule has 2 aromatic carbocycles. The van der Waals surface area contributed by atoms with Crippen molar-refractivity contribution >= 4 is 23.0 Å². The molecule has 0 aliphatic heterocycles. The standard InChI is InChI=1S/C11H10ClF6N.C8H11N/c1-2-6-5-7(3-4-8(6)19)9(13,10(12,14)15)11(16,17)18;1-2-7-5-3-4-6-8(7)9/h3-5H,2,19H2,1H3;3-6H,2,9H2,1H3.